The van der Waals surface area contributed by atoms with Crippen molar-refractivity contribution in [2.45, 2.75) is 11.5 Å². The second-order valence-corrected chi connectivity index (χ2v) is 5.26. The molecule has 1 saturated heterocycles. The lowest BCUT2D eigenvalue weighted by Crippen LogP contribution is -2.69. The average molecular weight is 252 g/mol. The van der Waals surface area contributed by atoms with Gasteiger partial charge in [0.2, 0.25) is 0 Å². The van der Waals surface area contributed by atoms with Crippen molar-refractivity contribution in [3.05, 3.63) is 71.8 Å². The summed E-state index contributed by atoms with van der Waals surface area (Å²) in [4.78, 5) is 0. The van der Waals surface area contributed by atoms with Gasteiger partial charge < -0.3 is 10.6 Å². The van der Waals surface area contributed by atoms with Crippen LogP contribution in [0.3, 0.4) is 0 Å². The maximum atomic E-state index is 3.55. The zero-order chi connectivity index (χ0) is 13.1. The minimum atomic E-state index is 0.128. The van der Waals surface area contributed by atoms with Gasteiger partial charge in [0.1, 0.15) is 0 Å². The molecule has 0 aromatic heterocycles. The minimum Gasteiger partial charge on any atom is -0.313 e. The lowest BCUT2D eigenvalue weighted by molar-refractivity contribution is 0.203. The third-order valence-electron chi connectivity index (χ3n) is 4.20. The SMILES string of the molecule is CNC1(C(c2ccccc2)c2ccccc2)CNC1. The molecule has 0 saturated carbocycles. The van der Waals surface area contributed by atoms with Crippen LogP contribution in [0.5, 0.6) is 0 Å². The molecule has 2 aromatic rings. The molecular weight excluding hydrogens is 232 g/mol. The van der Waals surface area contributed by atoms with Crippen LogP contribution in [0.15, 0.2) is 60.7 Å². The van der Waals surface area contributed by atoms with Gasteiger partial charge in [-0.3, -0.25) is 0 Å². The Hall–Kier alpha value is -1.64. The van der Waals surface area contributed by atoms with Gasteiger partial charge in [-0.15, -0.1) is 0 Å². The van der Waals surface area contributed by atoms with Gasteiger partial charge in [0.05, 0.1) is 5.54 Å². The van der Waals surface area contributed by atoms with E-state index in [0.717, 1.165) is 13.1 Å². The Morgan fingerprint density at radius 3 is 1.68 bits per heavy atom. The largest absolute Gasteiger partial charge is 0.313 e. The van der Waals surface area contributed by atoms with E-state index in [1.54, 1.807) is 0 Å². The second kappa shape index (κ2) is 5.16. The Labute approximate surface area is 114 Å². The van der Waals surface area contributed by atoms with E-state index in [1.807, 2.05) is 0 Å². The molecule has 1 fully saturated rings. The van der Waals surface area contributed by atoms with E-state index in [-0.39, 0.29) is 5.54 Å². The number of nitrogens with one attached hydrogen (secondary N) is 2. The second-order valence-electron chi connectivity index (χ2n) is 5.26. The van der Waals surface area contributed by atoms with Gasteiger partial charge in [-0.1, -0.05) is 60.7 Å². The summed E-state index contributed by atoms with van der Waals surface area (Å²) in [6.07, 6.45) is 0. The van der Waals surface area contributed by atoms with Crippen molar-refractivity contribution in [2.75, 3.05) is 20.1 Å². The highest BCUT2D eigenvalue weighted by atomic mass is 15.1. The van der Waals surface area contributed by atoms with Crippen LogP contribution < -0.4 is 10.6 Å². The summed E-state index contributed by atoms with van der Waals surface area (Å²) in [5, 5.41) is 6.96. The standard InChI is InChI=1S/C17H20N2/c1-18-17(12-19-13-17)16(14-8-4-2-5-9-14)15-10-6-3-7-11-15/h2-11,16,18-19H,12-13H2,1H3. The molecule has 3 rings (SSSR count). The summed E-state index contributed by atoms with van der Waals surface area (Å²) in [6.45, 7) is 2.02. The van der Waals surface area contributed by atoms with Crippen molar-refractivity contribution in [2.24, 2.45) is 0 Å². The van der Waals surface area contributed by atoms with Crippen LogP contribution in [0.1, 0.15) is 17.0 Å². The quantitative estimate of drug-likeness (QED) is 0.873. The highest BCUT2D eigenvalue weighted by Gasteiger charge is 2.44. The molecule has 0 atom stereocenters. The molecule has 2 aromatic carbocycles. The summed E-state index contributed by atoms with van der Waals surface area (Å²) in [6, 6.07) is 21.6. The molecule has 98 valence electrons. The molecular formula is C17H20N2. The maximum absolute atomic E-state index is 3.55. The predicted molar refractivity (Wildman–Crippen MR) is 79.4 cm³/mol. The summed E-state index contributed by atoms with van der Waals surface area (Å²) >= 11 is 0. The van der Waals surface area contributed by atoms with Gasteiger partial charge in [-0.25, -0.2) is 0 Å². The molecule has 0 aliphatic carbocycles. The summed E-state index contributed by atoms with van der Waals surface area (Å²) < 4.78 is 0. The molecule has 2 nitrogen and oxygen atoms in total. The van der Waals surface area contributed by atoms with E-state index in [9.17, 15) is 0 Å². The first-order chi connectivity index (χ1) is 9.36. The number of hydrogen-bond donors (Lipinski definition) is 2. The van der Waals surface area contributed by atoms with E-state index in [0.29, 0.717) is 5.92 Å². The minimum absolute atomic E-state index is 0.128. The predicted octanol–water partition coefficient (Wildman–Crippen LogP) is 2.38. The van der Waals surface area contributed by atoms with Crippen LogP contribution in [0.25, 0.3) is 0 Å². The smallest absolute Gasteiger partial charge is 0.0540 e. The van der Waals surface area contributed by atoms with Crippen LogP contribution in [0, 0.1) is 0 Å². The fourth-order valence-corrected chi connectivity index (χ4v) is 3.04. The third kappa shape index (κ3) is 2.18. The molecule has 1 aliphatic rings. The number of likely N-dealkylation sites (N-methyl/N-ethyl adjacent to an activating group) is 1. The molecule has 19 heavy (non-hydrogen) atoms. The first kappa shape index (κ1) is 12.4. The molecule has 0 bridgehead atoms. The van der Waals surface area contributed by atoms with Crippen molar-refractivity contribution in [1.29, 1.82) is 0 Å². The van der Waals surface area contributed by atoms with Crippen LogP contribution in [-0.2, 0) is 0 Å². The molecule has 0 spiro atoms. The van der Waals surface area contributed by atoms with Crippen molar-refractivity contribution < 1.29 is 0 Å². The van der Waals surface area contributed by atoms with Crippen molar-refractivity contribution >= 4 is 0 Å². The first-order valence-corrected chi connectivity index (χ1v) is 6.85. The van der Waals surface area contributed by atoms with E-state index in [2.05, 4.69) is 78.3 Å². The normalized spacial score (nSPS) is 17.2. The Morgan fingerprint density at radius 1 is 0.895 bits per heavy atom. The van der Waals surface area contributed by atoms with Gasteiger partial charge in [-0.05, 0) is 18.2 Å². The molecule has 2 N–H and O–H groups in total. The van der Waals surface area contributed by atoms with Crippen molar-refractivity contribution in [3.63, 3.8) is 0 Å². The fraction of sp³-hybridized carbons (Fsp3) is 0.294. The van der Waals surface area contributed by atoms with E-state index < -0.39 is 0 Å². The third-order valence-corrected chi connectivity index (χ3v) is 4.20. The lowest BCUT2D eigenvalue weighted by Gasteiger charge is -2.48. The van der Waals surface area contributed by atoms with Gasteiger partial charge in [0.25, 0.3) is 0 Å². The Balaban J connectivity index is 2.06. The van der Waals surface area contributed by atoms with Gasteiger partial charge in [0, 0.05) is 19.0 Å². The zero-order valence-electron chi connectivity index (χ0n) is 11.3. The van der Waals surface area contributed by atoms with E-state index >= 15 is 0 Å². The van der Waals surface area contributed by atoms with Crippen LogP contribution in [-0.4, -0.2) is 25.7 Å². The lowest BCUT2D eigenvalue weighted by atomic mass is 9.71. The molecule has 0 unspecified atom stereocenters. The summed E-state index contributed by atoms with van der Waals surface area (Å²) in [5.41, 5.74) is 2.89. The highest BCUT2D eigenvalue weighted by Crippen LogP contribution is 2.37. The number of hydrogen-bond acceptors (Lipinski definition) is 2. The monoisotopic (exact) mass is 252 g/mol. The summed E-state index contributed by atoms with van der Waals surface area (Å²) in [7, 11) is 2.07. The molecule has 0 radical (unpaired) electrons. The highest BCUT2D eigenvalue weighted by molar-refractivity contribution is 5.38. The Bertz CT molecular complexity index is 472. The average Bonchev–Trinajstić information content (AvgIpc) is 2.44. The van der Waals surface area contributed by atoms with Crippen LogP contribution in [0.2, 0.25) is 0 Å². The Kier molecular flexibility index (Phi) is 3.36. The van der Waals surface area contributed by atoms with Crippen molar-refractivity contribution in [3.8, 4) is 0 Å². The molecule has 2 heteroatoms. The van der Waals surface area contributed by atoms with Crippen molar-refractivity contribution in [1.82, 2.24) is 10.6 Å². The van der Waals surface area contributed by atoms with Gasteiger partial charge >= 0.3 is 0 Å². The molecule has 1 heterocycles. The van der Waals surface area contributed by atoms with E-state index in [1.165, 1.54) is 11.1 Å². The number of rotatable bonds is 4. The van der Waals surface area contributed by atoms with Crippen LogP contribution >= 0.6 is 0 Å². The van der Waals surface area contributed by atoms with Gasteiger partial charge in [-0.2, -0.15) is 0 Å². The van der Waals surface area contributed by atoms with Gasteiger partial charge in [0.15, 0.2) is 0 Å². The molecule has 0 amide bonds. The fourth-order valence-electron chi connectivity index (χ4n) is 3.04. The Morgan fingerprint density at radius 2 is 1.37 bits per heavy atom. The zero-order valence-corrected chi connectivity index (χ0v) is 11.3. The maximum Gasteiger partial charge on any atom is 0.0540 e. The summed E-state index contributed by atoms with van der Waals surface area (Å²) in [5.74, 6) is 0.390. The van der Waals surface area contributed by atoms with E-state index in [4.69, 9.17) is 0 Å². The molecule has 1 aliphatic heterocycles. The van der Waals surface area contributed by atoms with Crippen LogP contribution in [0.4, 0.5) is 0 Å². The topological polar surface area (TPSA) is 24.1 Å². The number of benzene rings is 2. The first-order valence-electron chi connectivity index (χ1n) is 6.85.